The van der Waals surface area contributed by atoms with Gasteiger partial charge in [-0.05, 0) is 36.8 Å². The van der Waals surface area contributed by atoms with Gasteiger partial charge in [-0.15, -0.1) is 5.10 Å². The minimum atomic E-state index is 0.423. The van der Waals surface area contributed by atoms with E-state index in [4.69, 9.17) is 11.6 Å². The second-order valence-corrected chi connectivity index (χ2v) is 4.43. The zero-order valence-corrected chi connectivity index (χ0v) is 10.6. The van der Waals surface area contributed by atoms with E-state index in [1.54, 1.807) is 6.07 Å². The van der Waals surface area contributed by atoms with Crippen LogP contribution < -0.4 is 4.90 Å². The molecule has 0 saturated heterocycles. The SMILES string of the molecule is Cc1cccc(N(C)Cc2ccc(Cl)nn2)c1. The van der Waals surface area contributed by atoms with Crippen LogP contribution in [0.25, 0.3) is 0 Å². The van der Waals surface area contributed by atoms with E-state index in [1.807, 2.05) is 13.1 Å². The van der Waals surface area contributed by atoms with Gasteiger partial charge in [0.25, 0.3) is 0 Å². The lowest BCUT2D eigenvalue weighted by Crippen LogP contribution is -2.17. The topological polar surface area (TPSA) is 29.0 Å². The van der Waals surface area contributed by atoms with Gasteiger partial charge in [0.15, 0.2) is 5.15 Å². The van der Waals surface area contributed by atoms with Crippen molar-refractivity contribution in [1.29, 1.82) is 0 Å². The molecule has 1 aromatic heterocycles. The van der Waals surface area contributed by atoms with Gasteiger partial charge in [0.1, 0.15) is 0 Å². The first kappa shape index (κ1) is 11.9. The average Bonchev–Trinajstić information content (AvgIpc) is 2.32. The fourth-order valence-corrected chi connectivity index (χ4v) is 1.73. The fourth-order valence-electron chi connectivity index (χ4n) is 1.63. The standard InChI is InChI=1S/C13H14ClN3/c1-10-4-3-5-12(8-10)17(2)9-11-6-7-13(14)16-15-11/h3-8H,9H2,1-2H3. The summed E-state index contributed by atoms with van der Waals surface area (Å²) in [5.74, 6) is 0. The Balaban J connectivity index is 2.11. The maximum Gasteiger partial charge on any atom is 0.151 e. The van der Waals surface area contributed by atoms with Gasteiger partial charge in [-0.2, -0.15) is 5.10 Å². The molecule has 2 rings (SSSR count). The molecule has 0 aliphatic carbocycles. The molecular weight excluding hydrogens is 234 g/mol. The summed E-state index contributed by atoms with van der Waals surface area (Å²) in [4.78, 5) is 2.13. The van der Waals surface area contributed by atoms with Gasteiger partial charge < -0.3 is 4.90 Å². The van der Waals surface area contributed by atoms with E-state index in [1.165, 1.54) is 11.3 Å². The highest BCUT2D eigenvalue weighted by Crippen LogP contribution is 2.16. The number of aromatic nitrogens is 2. The summed E-state index contributed by atoms with van der Waals surface area (Å²) >= 11 is 5.70. The Morgan fingerprint density at radius 2 is 2.00 bits per heavy atom. The van der Waals surface area contributed by atoms with Gasteiger partial charge in [0, 0.05) is 12.7 Å². The van der Waals surface area contributed by atoms with Crippen LogP contribution in [0.2, 0.25) is 5.15 Å². The van der Waals surface area contributed by atoms with Crippen LogP contribution in [0.5, 0.6) is 0 Å². The zero-order valence-electron chi connectivity index (χ0n) is 9.89. The van der Waals surface area contributed by atoms with Crippen LogP contribution >= 0.6 is 11.6 Å². The summed E-state index contributed by atoms with van der Waals surface area (Å²) in [6.07, 6.45) is 0. The lowest BCUT2D eigenvalue weighted by Gasteiger charge is -2.18. The number of hydrogen-bond acceptors (Lipinski definition) is 3. The smallest absolute Gasteiger partial charge is 0.151 e. The number of nitrogens with zero attached hydrogens (tertiary/aromatic N) is 3. The molecule has 1 aromatic carbocycles. The number of anilines is 1. The number of aryl methyl sites for hydroxylation is 1. The molecule has 1 heterocycles. The third-order valence-corrected chi connectivity index (χ3v) is 2.73. The van der Waals surface area contributed by atoms with Gasteiger partial charge in [0.2, 0.25) is 0 Å². The van der Waals surface area contributed by atoms with Gasteiger partial charge in [0.05, 0.1) is 12.2 Å². The Bertz CT molecular complexity index is 496. The van der Waals surface area contributed by atoms with Crippen molar-refractivity contribution in [3.63, 3.8) is 0 Å². The van der Waals surface area contributed by atoms with Crippen molar-refractivity contribution in [2.45, 2.75) is 13.5 Å². The average molecular weight is 248 g/mol. The molecule has 0 fully saturated rings. The van der Waals surface area contributed by atoms with Crippen molar-refractivity contribution in [3.05, 3.63) is 52.8 Å². The fraction of sp³-hybridized carbons (Fsp3) is 0.231. The third-order valence-electron chi connectivity index (χ3n) is 2.53. The molecule has 3 nitrogen and oxygen atoms in total. The van der Waals surface area contributed by atoms with Crippen molar-refractivity contribution < 1.29 is 0 Å². The maximum atomic E-state index is 5.70. The lowest BCUT2D eigenvalue weighted by molar-refractivity contribution is 0.841. The lowest BCUT2D eigenvalue weighted by atomic mass is 10.2. The van der Waals surface area contributed by atoms with Gasteiger partial charge >= 0.3 is 0 Å². The summed E-state index contributed by atoms with van der Waals surface area (Å²) in [6.45, 7) is 2.80. The first-order valence-electron chi connectivity index (χ1n) is 5.41. The second-order valence-electron chi connectivity index (χ2n) is 4.04. The Hall–Kier alpha value is -1.61. The van der Waals surface area contributed by atoms with Crippen LogP contribution in [0.1, 0.15) is 11.3 Å². The summed E-state index contributed by atoms with van der Waals surface area (Å²) in [7, 11) is 2.03. The molecule has 0 unspecified atom stereocenters. The monoisotopic (exact) mass is 247 g/mol. The normalized spacial score (nSPS) is 10.3. The van der Waals surface area contributed by atoms with Gasteiger partial charge in [-0.25, -0.2) is 0 Å². The van der Waals surface area contributed by atoms with Crippen molar-refractivity contribution in [3.8, 4) is 0 Å². The van der Waals surface area contributed by atoms with Crippen molar-refractivity contribution in [2.75, 3.05) is 11.9 Å². The Labute approximate surface area is 106 Å². The van der Waals surface area contributed by atoms with Crippen molar-refractivity contribution in [1.82, 2.24) is 10.2 Å². The zero-order chi connectivity index (χ0) is 12.3. The molecule has 0 amide bonds. The van der Waals surface area contributed by atoms with E-state index in [-0.39, 0.29) is 0 Å². The summed E-state index contributed by atoms with van der Waals surface area (Å²) in [6, 6.07) is 12.0. The van der Waals surface area contributed by atoms with Crippen LogP contribution in [-0.2, 0) is 6.54 Å². The van der Waals surface area contributed by atoms with Crippen LogP contribution in [0.4, 0.5) is 5.69 Å². The molecule has 0 atom stereocenters. The predicted molar refractivity (Wildman–Crippen MR) is 70.3 cm³/mol. The molecule has 88 valence electrons. The first-order chi connectivity index (χ1) is 8.15. The minimum absolute atomic E-state index is 0.423. The highest BCUT2D eigenvalue weighted by molar-refractivity contribution is 6.29. The molecule has 2 aromatic rings. The largest absolute Gasteiger partial charge is 0.369 e. The number of rotatable bonds is 3. The Morgan fingerprint density at radius 3 is 2.65 bits per heavy atom. The molecule has 17 heavy (non-hydrogen) atoms. The Kier molecular flexibility index (Phi) is 3.59. The van der Waals surface area contributed by atoms with Crippen LogP contribution in [0, 0.1) is 6.92 Å². The summed E-state index contributed by atoms with van der Waals surface area (Å²) in [5, 5.41) is 8.30. The predicted octanol–water partition coefficient (Wildman–Crippen LogP) is 3.07. The van der Waals surface area contributed by atoms with E-state index in [0.29, 0.717) is 11.7 Å². The van der Waals surface area contributed by atoms with E-state index >= 15 is 0 Å². The molecule has 0 bridgehead atoms. The Morgan fingerprint density at radius 1 is 1.18 bits per heavy atom. The molecule has 0 aliphatic heterocycles. The van der Waals surface area contributed by atoms with Crippen LogP contribution in [-0.4, -0.2) is 17.2 Å². The molecule has 0 spiro atoms. The number of halogens is 1. The van der Waals surface area contributed by atoms with E-state index in [9.17, 15) is 0 Å². The highest BCUT2D eigenvalue weighted by Gasteiger charge is 2.03. The minimum Gasteiger partial charge on any atom is -0.369 e. The number of hydrogen-bond donors (Lipinski definition) is 0. The van der Waals surface area contributed by atoms with E-state index in [2.05, 4.69) is 46.3 Å². The maximum absolute atomic E-state index is 5.70. The molecule has 0 N–H and O–H groups in total. The van der Waals surface area contributed by atoms with Crippen LogP contribution in [0.15, 0.2) is 36.4 Å². The first-order valence-corrected chi connectivity index (χ1v) is 5.79. The van der Waals surface area contributed by atoms with Crippen LogP contribution in [0.3, 0.4) is 0 Å². The summed E-state index contributed by atoms with van der Waals surface area (Å²) < 4.78 is 0. The molecular formula is C13H14ClN3. The molecule has 0 saturated carbocycles. The van der Waals surface area contributed by atoms with E-state index < -0.39 is 0 Å². The van der Waals surface area contributed by atoms with Crippen molar-refractivity contribution in [2.24, 2.45) is 0 Å². The third kappa shape index (κ3) is 3.17. The number of benzene rings is 1. The molecule has 0 aliphatic rings. The molecule has 4 heteroatoms. The van der Waals surface area contributed by atoms with Gasteiger partial charge in [-0.1, -0.05) is 23.7 Å². The van der Waals surface area contributed by atoms with Gasteiger partial charge in [-0.3, -0.25) is 0 Å². The van der Waals surface area contributed by atoms with Crippen molar-refractivity contribution >= 4 is 17.3 Å². The quantitative estimate of drug-likeness (QED) is 0.835. The second kappa shape index (κ2) is 5.15. The summed E-state index contributed by atoms with van der Waals surface area (Å²) in [5.41, 5.74) is 3.32. The molecule has 0 radical (unpaired) electrons. The highest BCUT2D eigenvalue weighted by atomic mass is 35.5. The van der Waals surface area contributed by atoms with E-state index in [0.717, 1.165) is 5.69 Å².